The number of nitrogens with zero attached hydrogens (tertiary/aromatic N) is 3. The SMILES string of the molecule is COCCN=C(NCCc1ccco1)N1CCC(N2CCCC2)C1. The number of likely N-dealkylation sites (tertiary alicyclic amines) is 2. The molecule has 1 N–H and O–H groups in total. The van der Waals surface area contributed by atoms with E-state index in [1.54, 1.807) is 13.4 Å². The van der Waals surface area contributed by atoms with Crippen LogP contribution in [0.25, 0.3) is 0 Å². The third-order valence-corrected chi connectivity index (χ3v) is 4.91. The van der Waals surface area contributed by atoms with E-state index in [0.29, 0.717) is 19.2 Å². The van der Waals surface area contributed by atoms with Crippen molar-refractivity contribution in [3.8, 4) is 0 Å². The van der Waals surface area contributed by atoms with Crippen LogP contribution in [0.4, 0.5) is 0 Å². The van der Waals surface area contributed by atoms with Crippen molar-refractivity contribution in [2.75, 3.05) is 53.0 Å². The van der Waals surface area contributed by atoms with Gasteiger partial charge in [0.25, 0.3) is 0 Å². The van der Waals surface area contributed by atoms with Crippen molar-refractivity contribution in [1.82, 2.24) is 15.1 Å². The molecule has 3 heterocycles. The number of hydrogen-bond acceptors (Lipinski definition) is 4. The second kappa shape index (κ2) is 9.08. The largest absolute Gasteiger partial charge is 0.469 e. The monoisotopic (exact) mass is 334 g/mol. The van der Waals surface area contributed by atoms with E-state index in [9.17, 15) is 0 Å². The van der Waals surface area contributed by atoms with Crippen molar-refractivity contribution in [3.05, 3.63) is 24.2 Å². The summed E-state index contributed by atoms with van der Waals surface area (Å²) < 4.78 is 10.5. The summed E-state index contributed by atoms with van der Waals surface area (Å²) in [5.74, 6) is 2.02. The number of ether oxygens (including phenoxy) is 1. The number of hydrogen-bond donors (Lipinski definition) is 1. The highest BCUT2D eigenvalue weighted by Gasteiger charge is 2.30. The van der Waals surface area contributed by atoms with Crippen LogP contribution in [-0.2, 0) is 11.2 Å². The first-order valence-corrected chi connectivity index (χ1v) is 9.15. The number of furan rings is 1. The highest BCUT2D eigenvalue weighted by Crippen LogP contribution is 2.20. The molecule has 0 amide bonds. The maximum absolute atomic E-state index is 5.40. The minimum absolute atomic E-state index is 0.659. The zero-order chi connectivity index (χ0) is 16.6. The molecule has 0 aromatic carbocycles. The lowest BCUT2D eigenvalue weighted by molar-refractivity contribution is 0.207. The van der Waals surface area contributed by atoms with Gasteiger partial charge in [0.1, 0.15) is 5.76 Å². The Hall–Kier alpha value is -1.53. The fraction of sp³-hybridized carbons (Fsp3) is 0.722. The summed E-state index contributed by atoms with van der Waals surface area (Å²) >= 11 is 0. The van der Waals surface area contributed by atoms with E-state index in [1.165, 1.54) is 32.4 Å². The van der Waals surface area contributed by atoms with Crippen molar-refractivity contribution >= 4 is 5.96 Å². The smallest absolute Gasteiger partial charge is 0.194 e. The molecular formula is C18H30N4O2. The standard InChI is InChI=1S/C18H30N4O2/c1-23-14-9-20-18(19-8-6-17-5-4-13-24-17)22-12-7-16(15-22)21-10-2-3-11-21/h4-5,13,16H,2-3,6-12,14-15H2,1H3,(H,19,20). The van der Waals surface area contributed by atoms with Gasteiger partial charge in [-0.1, -0.05) is 0 Å². The molecule has 0 bridgehead atoms. The van der Waals surface area contributed by atoms with Crippen LogP contribution in [0, 0.1) is 0 Å². The molecule has 0 saturated carbocycles. The van der Waals surface area contributed by atoms with Gasteiger partial charge in [-0.25, -0.2) is 0 Å². The molecule has 1 unspecified atom stereocenters. The third kappa shape index (κ3) is 4.74. The van der Waals surface area contributed by atoms with Crippen LogP contribution in [0.15, 0.2) is 27.8 Å². The van der Waals surface area contributed by atoms with Crippen molar-refractivity contribution < 1.29 is 9.15 Å². The molecule has 2 aliphatic rings. The average Bonchev–Trinajstić information content (AvgIpc) is 3.33. The maximum atomic E-state index is 5.40. The fourth-order valence-corrected chi connectivity index (χ4v) is 3.60. The topological polar surface area (TPSA) is 53.2 Å². The molecule has 1 aromatic rings. The van der Waals surface area contributed by atoms with E-state index >= 15 is 0 Å². The Morgan fingerprint density at radius 3 is 3.00 bits per heavy atom. The minimum atomic E-state index is 0.659. The minimum Gasteiger partial charge on any atom is -0.469 e. The van der Waals surface area contributed by atoms with Crippen LogP contribution in [0.5, 0.6) is 0 Å². The van der Waals surface area contributed by atoms with Crippen LogP contribution in [0.1, 0.15) is 25.0 Å². The summed E-state index contributed by atoms with van der Waals surface area (Å²) in [4.78, 5) is 9.78. The summed E-state index contributed by atoms with van der Waals surface area (Å²) in [7, 11) is 1.72. The molecule has 3 rings (SSSR count). The number of methoxy groups -OCH3 is 1. The molecule has 24 heavy (non-hydrogen) atoms. The molecule has 0 radical (unpaired) electrons. The Kier molecular flexibility index (Phi) is 6.55. The van der Waals surface area contributed by atoms with Gasteiger partial charge >= 0.3 is 0 Å². The molecule has 2 saturated heterocycles. The number of guanidine groups is 1. The Labute approximate surface area is 144 Å². The van der Waals surface area contributed by atoms with Crippen LogP contribution in [0.2, 0.25) is 0 Å². The van der Waals surface area contributed by atoms with Crippen LogP contribution < -0.4 is 5.32 Å². The van der Waals surface area contributed by atoms with E-state index < -0.39 is 0 Å². The first kappa shape index (κ1) is 17.3. The van der Waals surface area contributed by atoms with Gasteiger partial charge in [-0.15, -0.1) is 0 Å². The highest BCUT2D eigenvalue weighted by atomic mass is 16.5. The molecule has 0 aliphatic carbocycles. The fourth-order valence-electron chi connectivity index (χ4n) is 3.60. The van der Waals surface area contributed by atoms with Gasteiger partial charge < -0.3 is 19.4 Å². The van der Waals surface area contributed by atoms with Crippen LogP contribution in [-0.4, -0.2) is 74.8 Å². The van der Waals surface area contributed by atoms with E-state index in [1.807, 2.05) is 12.1 Å². The van der Waals surface area contributed by atoms with Gasteiger partial charge in [0, 0.05) is 39.2 Å². The van der Waals surface area contributed by atoms with Crippen LogP contribution >= 0.6 is 0 Å². The summed E-state index contributed by atoms with van der Waals surface area (Å²) in [5.41, 5.74) is 0. The molecular weight excluding hydrogens is 304 g/mol. The summed E-state index contributed by atoms with van der Waals surface area (Å²) in [5, 5.41) is 3.51. The predicted molar refractivity (Wildman–Crippen MR) is 95.4 cm³/mol. The second-order valence-electron chi connectivity index (χ2n) is 6.59. The van der Waals surface area contributed by atoms with Gasteiger partial charge in [-0.3, -0.25) is 9.89 Å². The molecule has 0 spiro atoms. The first-order valence-electron chi connectivity index (χ1n) is 9.15. The molecule has 2 aliphatic heterocycles. The van der Waals surface area contributed by atoms with Gasteiger partial charge in [0.05, 0.1) is 19.4 Å². The molecule has 1 aromatic heterocycles. The molecule has 6 heteroatoms. The maximum Gasteiger partial charge on any atom is 0.194 e. The Bertz CT molecular complexity index is 497. The van der Waals surface area contributed by atoms with Gasteiger partial charge in [-0.05, 0) is 44.5 Å². The van der Waals surface area contributed by atoms with Crippen molar-refractivity contribution in [2.45, 2.75) is 31.7 Å². The number of rotatable bonds is 7. The van der Waals surface area contributed by atoms with Crippen molar-refractivity contribution in [2.24, 2.45) is 4.99 Å². The lowest BCUT2D eigenvalue weighted by atomic mass is 10.2. The molecule has 6 nitrogen and oxygen atoms in total. The Morgan fingerprint density at radius 2 is 2.25 bits per heavy atom. The lowest BCUT2D eigenvalue weighted by Crippen LogP contribution is -2.43. The van der Waals surface area contributed by atoms with E-state index in [4.69, 9.17) is 14.1 Å². The normalized spacial score (nSPS) is 22.5. The average molecular weight is 334 g/mol. The second-order valence-corrected chi connectivity index (χ2v) is 6.59. The molecule has 2 fully saturated rings. The van der Waals surface area contributed by atoms with Crippen LogP contribution in [0.3, 0.4) is 0 Å². The van der Waals surface area contributed by atoms with Gasteiger partial charge in [0.2, 0.25) is 0 Å². The Balaban J connectivity index is 1.52. The molecule has 134 valence electrons. The van der Waals surface area contributed by atoms with E-state index in [0.717, 1.165) is 37.8 Å². The first-order chi connectivity index (χ1) is 11.9. The van der Waals surface area contributed by atoms with Crippen molar-refractivity contribution in [3.63, 3.8) is 0 Å². The quantitative estimate of drug-likeness (QED) is 0.466. The Morgan fingerprint density at radius 1 is 1.38 bits per heavy atom. The predicted octanol–water partition coefficient (Wildman–Crippen LogP) is 1.58. The lowest BCUT2D eigenvalue weighted by Gasteiger charge is -2.25. The third-order valence-electron chi connectivity index (χ3n) is 4.91. The van der Waals surface area contributed by atoms with E-state index in [2.05, 4.69) is 15.1 Å². The zero-order valence-corrected chi connectivity index (χ0v) is 14.7. The van der Waals surface area contributed by atoms with Gasteiger partial charge in [0.15, 0.2) is 5.96 Å². The number of nitrogens with one attached hydrogen (secondary N) is 1. The molecule has 1 atom stereocenters. The highest BCUT2D eigenvalue weighted by molar-refractivity contribution is 5.80. The van der Waals surface area contributed by atoms with Crippen molar-refractivity contribution in [1.29, 1.82) is 0 Å². The summed E-state index contributed by atoms with van der Waals surface area (Å²) in [6.45, 7) is 6.89. The van der Waals surface area contributed by atoms with E-state index in [-0.39, 0.29) is 0 Å². The van der Waals surface area contributed by atoms with Gasteiger partial charge in [-0.2, -0.15) is 0 Å². The zero-order valence-electron chi connectivity index (χ0n) is 14.7. The summed E-state index contributed by atoms with van der Waals surface area (Å²) in [6.07, 6.45) is 6.55. The number of aliphatic imine (C=N–C) groups is 1. The summed E-state index contributed by atoms with van der Waals surface area (Å²) in [6, 6.07) is 4.64.